The van der Waals surface area contributed by atoms with Gasteiger partial charge in [-0.15, -0.1) is 0 Å². The van der Waals surface area contributed by atoms with Crippen LogP contribution >= 0.6 is 11.8 Å². The summed E-state index contributed by atoms with van der Waals surface area (Å²) >= 11 is 1.33. The van der Waals surface area contributed by atoms with Crippen molar-refractivity contribution in [1.82, 2.24) is 10.3 Å². The molecule has 0 aliphatic heterocycles. The van der Waals surface area contributed by atoms with Gasteiger partial charge in [0.05, 0.1) is 24.0 Å². The van der Waals surface area contributed by atoms with Gasteiger partial charge in [0.15, 0.2) is 0 Å². The number of alkyl carbamates (subject to hydrolysis) is 1. The Balaban J connectivity index is 2.94. The second kappa shape index (κ2) is 7.74. The van der Waals surface area contributed by atoms with E-state index in [2.05, 4.69) is 10.3 Å². The number of nitrogens with two attached hydrogens (primary N) is 1. The minimum Gasteiger partial charge on any atom is -0.467 e. The molecule has 0 saturated carbocycles. The molecule has 0 aromatic carbocycles. The van der Waals surface area contributed by atoms with Gasteiger partial charge in [-0.3, -0.25) is 0 Å². The molecule has 8 heteroatoms. The second-order valence-corrected chi connectivity index (χ2v) is 8.41. The van der Waals surface area contributed by atoms with Gasteiger partial charge in [0.1, 0.15) is 11.6 Å². The van der Waals surface area contributed by atoms with Crippen LogP contribution in [0.5, 0.6) is 0 Å². The lowest BCUT2D eigenvalue weighted by Crippen LogP contribution is -2.54. The summed E-state index contributed by atoms with van der Waals surface area (Å²) in [7, 11) is 1.27. The number of thioether (sulfide) groups is 1. The molecule has 0 spiro atoms. The maximum Gasteiger partial charge on any atom is 0.408 e. The Labute approximate surface area is 146 Å². The van der Waals surface area contributed by atoms with Gasteiger partial charge in [0.25, 0.3) is 0 Å². The molecule has 1 heterocycles. The SMILES string of the molecule is COC(=O)[C@@H](NC(=O)OC(C)(C)C)C(C)(C)Sc1ccc(N)cn1. The van der Waals surface area contributed by atoms with E-state index in [1.165, 1.54) is 25.1 Å². The van der Waals surface area contributed by atoms with Crippen molar-refractivity contribution < 1.29 is 19.1 Å². The van der Waals surface area contributed by atoms with Crippen LogP contribution in [0.15, 0.2) is 23.4 Å². The fraction of sp³-hybridized carbons (Fsp3) is 0.562. The number of ether oxygens (including phenoxy) is 2. The van der Waals surface area contributed by atoms with Crippen molar-refractivity contribution in [3.05, 3.63) is 18.3 Å². The molecule has 1 atom stereocenters. The molecule has 0 bridgehead atoms. The normalized spacial score (nSPS) is 13.1. The fourth-order valence-corrected chi connectivity index (χ4v) is 2.89. The Kier molecular flexibility index (Phi) is 6.48. The molecule has 1 aromatic heterocycles. The number of carbonyl (C=O) groups excluding carboxylic acids is 2. The third kappa shape index (κ3) is 6.27. The maximum absolute atomic E-state index is 12.2. The van der Waals surface area contributed by atoms with E-state index in [4.69, 9.17) is 15.2 Å². The number of methoxy groups -OCH3 is 1. The van der Waals surface area contributed by atoms with Crippen LogP contribution in [0.4, 0.5) is 10.5 Å². The molecule has 7 nitrogen and oxygen atoms in total. The van der Waals surface area contributed by atoms with Crippen molar-refractivity contribution in [3.63, 3.8) is 0 Å². The molecule has 1 rings (SSSR count). The van der Waals surface area contributed by atoms with Crippen LogP contribution in [0.3, 0.4) is 0 Å². The molecule has 134 valence electrons. The summed E-state index contributed by atoms with van der Waals surface area (Å²) in [5.41, 5.74) is 5.51. The van der Waals surface area contributed by atoms with Crippen molar-refractivity contribution in [2.24, 2.45) is 0 Å². The van der Waals surface area contributed by atoms with Crippen molar-refractivity contribution in [1.29, 1.82) is 0 Å². The predicted octanol–water partition coefficient (Wildman–Crippen LogP) is 2.60. The molecule has 1 amide bonds. The summed E-state index contributed by atoms with van der Waals surface area (Å²) in [5, 5.41) is 3.26. The molecular formula is C16H25N3O4S. The molecule has 0 saturated heterocycles. The minimum absolute atomic E-state index is 0.550. The minimum atomic E-state index is -0.915. The number of hydrogen-bond acceptors (Lipinski definition) is 7. The predicted molar refractivity (Wildman–Crippen MR) is 93.8 cm³/mol. The average molecular weight is 355 g/mol. The third-order valence-electron chi connectivity index (χ3n) is 2.92. The van der Waals surface area contributed by atoms with Gasteiger partial charge in [0.2, 0.25) is 0 Å². The van der Waals surface area contributed by atoms with Crippen LogP contribution < -0.4 is 11.1 Å². The van der Waals surface area contributed by atoms with E-state index in [1.807, 2.05) is 13.8 Å². The highest BCUT2D eigenvalue weighted by Crippen LogP contribution is 2.34. The third-order valence-corrected chi connectivity index (χ3v) is 4.13. The first-order valence-electron chi connectivity index (χ1n) is 7.42. The van der Waals surface area contributed by atoms with Crippen molar-refractivity contribution in [2.45, 2.75) is 56.0 Å². The van der Waals surface area contributed by atoms with Gasteiger partial charge < -0.3 is 20.5 Å². The maximum atomic E-state index is 12.2. The zero-order valence-corrected chi connectivity index (χ0v) is 15.7. The first-order valence-corrected chi connectivity index (χ1v) is 8.24. The van der Waals surface area contributed by atoms with Crippen molar-refractivity contribution in [3.8, 4) is 0 Å². The number of nitrogens with one attached hydrogen (secondary N) is 1. The smallest absolute Gasteiger partial charge is 0.408 e. The van der Waals surface area contributed by atoms with E-state index in [1.54, 1.807) is 32.9 Å². The molecule has 24 heavy (non-hydrogen) atoms. The second-order valence-electron chi connectivity index (χ2n) is 6.74. The number of anilines is 1. The number of nitrogens with zero attached hydrogens (tertiary/aromatic N) is 1. The standard InChI is InChI=1S/C16H25N3O4S/c1-15(2,3)23-14(21)19-12(13(20)22-6)16(4,5)24-11-8-7-10(17)9-18-11/h7-9,12H,17H2,1-6H3,(H,19,21)/t12-/m1/s1. The number of amides is 1. The number of pyridine rings is 1. The number of nitrogen functional groups attached to an aromatic ring is 1. The summed E-state index contributed by atoms with van der Waals surface area (Å²) in [6.45, 7) is 8.87. The number of aromatic nitrogens is 1. The molecule has 3 N–H and O–H groups in total. The largest absolute Gasteiger partial charge is 0.467 e. The summed E-state index contributed by atoms with van der Waals surface area (Å²) in [5.74, 6) is -0.561. The monoisotopic (exact) mass is 355 g/mol. The van der Waals surface area contributed by atoms with Gasteiger partial charge in [-0.2, -0.15) is 0 Å². The topological polar surface area (TPSA) is 104 Å². The van der Waals surface area contributed by atoms with E-state index >= 15 is 0 Å². The van der Waals surface area contributed by atoms with Crippen LogP contribution in [-0.4, -0.2) is 40.5 Å². The lowest BCUT2D eigenvalue weighted by Gasteiger charge is -2.32. The number of hydrogen-bond donors (Lipinski definition) is 2. The Morgan fingerprint density at radius 1 is 1.25 bits per heavy atom. The van der Waals surface area contributed by atoms with E-state index in [-0.39, 0.29) is 0 Å². The number of esters is 1. The highest BCUT2D eigenvalue weighted by atomic mass is 32.2. The van der Waals surface area contributed by atoms with Gasteiger partial charge in [-0.1, -0.05) is 11.8 Å². The number of carbonyl (C=O) groups is 2. The van der Waals surface area contributed by atoms with Gasteiger partial charge in [-0.25, -0.2) is 14.6 Å². The van der Waals surface area contributed by atoms with Gasteiger partial charge in [0, 0.05) is 4.75 Å². The first kappa shape index (κ1) is 20.1. The van der Waals surface area contributed by atoms with Crippen LogP contribution in [0.25, 0.3) is 0 Å². The van der Waals surface area contributed by atoms with Gasteiger partial charge in [-0.05, 0) is 46.8 Å². The number of rotatable bonds is 5. The highest BCUT2D eigenvalue weighted by molar-refractivity contribution is 8.00. The summed E-state index contributed by atoms with van der Waals surface area (Å²) < 4.78 is 9.32. The van der Waals surface area contributed by atoms with Crippen LogP contribution in [0.1, 0.15) is 34.6 Å². The lowest BCUT2D eigenvalue weighted by molar-refractivity contribution is -0.143. The zero-order valence-electron chi connectivity index (χ0n) is 14.9. The van der Waals surface area contributed by atoms with Gasteiger partial charge >= 0.3 is 12.1 Å². The van der Waals surface area contributed by atoms with E-state index in [9.17, 15) is 9.59 Å². The Bertz CT molecular complexity index is 582. The Morgan fingerprint density at radius 3 is 2.33 bits per heavy atom. The molecule has 0 fully saturated rings. The molecule has 1 aromatic rings. The van der Waals surface area contributed by atoms with Crippen LogP contribution in [0.2, 0.25) is 0 Å². The van der Waals surface area contributed by atoms with E-state index < -0.39 is 28.5 Å². The summed E-state index contributed by atoms with van der Waals surface area (Å²) in [6.07, 6.45) is 0.851. The summed E-state index contributed by atoms with van der Waals surface area (Å²) in [4.78, 5) is 28.4. The molecule has 0 radical (unpaired) electrons. The summed E-state index contributed by atoms with van der Waals surface area (Å²) in [6, 6.07) is 2.56. The van der Waals surface area contributed by atoms with Crippen LogP contribution in [-0.2, 0) is 14.3 Å². The van der Waals surface area contributed by atoms with E-state index in [0.717, 1.165) is 0 Å². The highest BCUT2D eigenvalue weighted by Gasteiger charge is 2.39. The molecular weight excluding hydrogens is 330 g/mol. The fourth-order valence-electron chi connectivity index (χ4n) is 1.84. The Hall–Kier alpha value is -1.96. The molecule has 0 unspecified atom stereocenters. The molecule has 0 aliphatic rings. The van der Waals surface area contributed by atoms with Crippen molar-refractivity contribution >= 4 is 29.5 Å². The Morgan fingerprint density at radius 2 is 1.88 bits per heavy atom. The van der Waals surface area contributed by atoms with E-state index in [0.29, 0.717) is 10.7 Å². The average Bonchev–Trinajstić information content (AvgIpc) is 2.44. The van der Waals surface area contributed by atoms with Crippen LogP contribution in [0, 0.1) is 0 Å². The first-order chi connectivity index (χ1) is 10.9. The van der Waals surface area contributed by atoms with Crippen molar-refractivity contribution in [2.75, 3.05) is 12.8 Å². The zero-order chi connectivity index (χ0) is 18.5. The quantitative estimate of drug-likeness (QED) is 0.618. The molecule has 0 aliphatic carbocycles. The lowest BCUT2D eigenvalue weighted by atomic mass is 10.0.